The molecule has 0 bridgehead atoms. The van der Waals surface area contributed by atoms with Crippen LogP contribution in [0.1, 0.15) is 37.3 Å². The predicted octanol–water partition coefficient (Wildman–Crippen LogP) is 4.81. The van der Waals surface area contributed by atoms with Crippen molar-refractivity contribution < 1.29 is 31.2 Å². The largest absolute Gasteiger partial charge is 0.416 e. The molecule has 0 radical (unpaired) electrons. The molecular formula is C24H25BrF3N3O4S. The molecule has 1 N–H and O–H groups in total. The second kappa shape index (κ2) is 10.1. The topological polar surface area (TPSA) is 86.8 Å². The molecule has 1 fully saturated rings. The van der Waals surface area contributed by atoms with Gasteiger partial charge in [-0.1, -0.05) is 6.92 Å². The number of amides is 2. The van der Waals surface area contributed by atoms with Crippen LogP contribution in [0.25, 0.3) is 0 Å². The quantitative estimate of drug-likeness (QED) is 0.544. The van der Waals surface area contributed by atoms with Gasteiger partial charge in [0.1, 0.15) is 0 Å². The fourth-order valence-corrected chi connectivity index (χ4v) is 7.13. The van der Waals surface area contributed by atoms with Crippen LogP contribution in [-0.4, -0.2) is 44.2 Å². The first-order valence-electron chi connectivity index (χ1n) is 11.5. The molecule has 0 aliphatic carbocycles. The van der Waals surface area contributed by atoms with Crippen molar-refractivity contribution in [3.05, 3.63) is 52.0 Å². The van der Waals surface area contributed by atoms with Crippen LogP contribution in [0.5, 0.6) is 0 Å². The molecule has 2 heterocycles. The van der Waals surface area contributed by atoms with Gasteiger partial charge in [-0.3, -0.25) is 9.59 Å². The number of sulfonamides is 1. The highest BCUT2D eigenvalue weighted by molar-refractivity contribution is 9.10. The molecule has 2 aromatic rings. The lowest BCUT2D eigenvalue weighted by Gasteiger charge is -2.31. The maximum absolute atomic E-state index is 13.6. The summed E-state index contributed by atoms with van der Waals surface area (Å²) >= 11 is 3.37. The zero-order chi connectivity index (χ0) is 26.3. The van der Waals surface area contributed by atoms with E-state index < -0.39 is 33.6 Å². The summed E-state index contributed by atoms with van der Waals surface area (Å²) in [6.45, 7) is 2.41. The SMILES string of the molecule is CCC(=O)N1CCc2cc(Br)c(S(=O)(=O)N3CCC[C@@H](C(=O)Nc4ccc(C(F)(F)F)cc4)C3)cc21. The van der Waals surface area contributed by atoms with Crippen LogP contribution < -0.4 is 10.2 Å². The van der Waals surface area contributed by atoms with Crippen molar-refractivity contribution >= 4 is 49.1 Å². The molecule has 0 aromatic heterocycles. The minimum absolute atomic E-state index is 0.0286. The minimum Gasteiger partial charge on any atom is -0.326 e. The van der Waals surface area contributed by atoms with E-state index in [9.17, 15) is 31.2 Å². The second-order valence-corrected chi connectivity index (χ2v) is 11.6. The summed E-state index contributed by atoms with van der Waals surface area (Å²) in [5.41, 5.74) is 0.844. The van der Waals surface area contributed by atoms with E-state index in [0.717, 1.165) is 17.7 Å². The second-order valence-electron chi connectivity index (χ2n) is 8.83. The van der Waals surface area contributed by atoms with Gasteiger partial charge >= 0.3 is 6.18 Å². The van der Waals surface area contributed by atoms with E-state index in [-0.39, 0.29) is 29.6 Å². The molecule has 2 aromatic carbocycles. The highest BCUT2D eigenvalue weighted by Gasteiger charge is 2.36. The number of fused-ring (bicyclic) bond motifs is 1. The van der Waals surface area contributed by atoms with E-state index in [2.05, 4.69) is 21.2 Å². The number of hydrogen-bond donors (Lipinski definition) is 1. The monoisotopic (exact) mass is 587 g/mol. The van der Waals surface area contributed by atoms with E-state index in [0.29, 0.717) is 42.4 Å². The summed E-state index contributed by atoms with van der Waals surface area (Å²) < 4.78 is 67.1. The lowest BCUT2D eigenvalue weighted by atomic mass is 9.98. The van der Waals surface area contributed by atoms with Gasteiger partial charge in [0.25, 0.3) is 0 Å². The number of carbonyl (C=O) groups is 2. The van der Waals surface area contributed by atoms with E-state index in [1.165, 1.54) is 22.5 Å². The number of anilines is 2. The maximum atomic E-state index is 13.6. The minimum atomic E-state index is -4.48. The van der Waals surface area contributed by atoms with Gasteiger partial charge in [0.2, 0.25) is 21.8 Å². The third-order valence-electron chi connectivity index (χ3n) is 6.48. The summed E-state index contributed by atoms with van der Waals surface area (Å²) in [6.07, 6.45) is -2.64. The Bertz CT molecular complexity index is 1280. The molecule has 12 heteroatoms. The lowest BCUT2D eigenvalue weighted by molar-refractivity contribution is -0.137. The zero-order valence-electron chi connectivity index (χ0n) is 19.4. The molecule has 0 unspecified atom stereocenters. The van der Waals surface area contributed by atoms with Crippen LogP contribution in [0, 0.1) is 5.92 Å². The van der Waals surface area contributed by atoms with E-state index >= 15 is 0 Å². The highest BCUT2D eigenvalue weighted by Crippen LogP contribution is 2.38. The van der Waals surface area contributed by atoms with Crippen LogP contribution in [0.3, 0.4) is 0 Å². The van der Waals surface area contributed by atoms with Gasteiger partial charge in [-0.2, -0.15) is 17.5 Å². The Balaban J connectivity index is 1.51. The number of alkyl halides is 3. The molecule has 2 amide bonds. The molecule has 0 spiro atoms. The molecule has 0 saturated carbocycles. The number of halogens is 4. The first-order valence-corrected chi connectivity index (χ1v) is 13.8. The molecular weight excluding hydrogens is 563 g/mol. The molecule has 1 saturated heterocycles. The van der Waals surface area contributed by atoms with Gasteiger partial charge in [-0.05, 0) is 77.2 Å². The molecule has 36 heavy (non-hydrogen) atoms. The number of nitrogens with one attached hydrogen (secondary N) is 1. The van der Waals surface area contributed by atoms with Crippen molar-refractivity contribution in [2.45, 2.75) is 43.7 Å². The standard InChI is InChI=1S/C24H25BrF3N3O4S/c1-2-22(32)31-11-9-15-12-19(25)21(13-20(15)31)36(34,35)30-10-3-4-16(14-30)23(33)29-18-7-5-17(6-8-18)24(26,27)28/h5-8,12-13,16H,2-4,9-11,14H2,1H3,(H,29,33)/t16-/m1/s1. The van der Waals surface area contributed by atoms with Gasteiger partial charge in [0.05, 0.1) is 16.4 Å². The van der Waals surface area contributed by atoms with Crippen LogP contribution in [0.2, 0.25) is 0 Å². The Hall–Kier alpha value is -2.44. The van der Waals surface area contributed by atoms with Crippen LogP contribution in [0.4, 0.5) is 24.5 Å². The Kier molecular flexibility index (Phi) is 7.50. The number of nitrogens with zero attached hydrogens (tertiary/aromatic N) is 2. The third-order valence-corrected chi connectivity index (χ3v) is 9.31. The van der Waals surface area contributed by atoms with Crippen molar-refractivity contribution in [1.29, 1.82) is 0 Å². The van der Waals surface area contributed by atoms with Crippen molar-refractivity contribution in [1.82, 2.24) is 4.31 Å². The summed E-state index contributed by atoms with van der Waals surface area (Å²) in [7, 11) is -3.99. The Morgan fingerprint density at radius 2 is 1.83 bits per heavy atom. The smallest absolute Gasteiger partial charge is 0.326 e. The van der Waals surface area contributed by atoms with Crippen LogP contribution in [-0.2, 0) is 32.2 Å². The van der Waals surface area contributed by atoms with Gasteiger partial charge < -0.3 is 10.2 Å². The average Bonchev–Trinajstić information content (AvgIpc) is 3.25. The number of carbonyl (C=O) groups excluding carboxylic acids is 2. The number of piperidine rings is 1. The molecule has 4 rings (SSSR count). The molecule has 7 nitrogen and oxygen atoms in total. The van der Waals surface area contributed by atoms with Gasteiger partial charge in [0, 0.05) is 41.9 Å². The zero-order valence-corrected chi connectivity index (χ0v) is 21.8. The normalized spacial score (nSPS) is 18.7. The van der Waals surface area contributed by atoms with Gasteiger partial charge in [0.15, 0.2) is 0 Å². The molecule has 2 aliphatic rings. The van der Waals surface area contributed by atoms with Crippen molar-refractivity contribution in [2.24, 2.45) is 5.92 Å². The lowest BCUT2D eigenvalue weighted by Crippen LogP contribution is -2.43. The van der Waals surface area contributed by atoms with Crippen LogP contribution in [0.15, 0.2) is 45.8 Å². The number of benzene rings is 2. The molecule has 194 valence electrons. The van der Waals surface area contributed by atoms with Crippen molar-refractivity contribution in [3.8, 4) is 0 Å². The van der Waals surface area contributed by atoms with E-state index in [4.69, 9.17) is 0 Å². The Morgan fingerprint density at radius 3 is 2.47 bits per heavy atom. The predicted molar refractivity (Wildman–Crippen MR) is 132 cm³/mol. The number of rotatable bonds is 5. The average molecular weight is 588 g/mol. The van der Waals surface area contributed by atoms with Crippen molar-refractivity contribution in [2.75, 3.05) is 29.9 Å². The fraction of sp³-hybridized carbons (Fsp3) is 0.417. The number of hydrogen-bond acceptors (Lipinski definition) is 4. The summed E-state index contributed by atoms with van der Waals surface area (Å²) in [5.74, 6) is -1.21. The maximum Gasteiger partial charge on any atom is 0.416 e. The summed E-state index contributed by atoms with van der Waals surface area (Å²) in [5, 5.41) is 2.59. The highest BCUT2D eigenvalue weighted by atomic mass is 79.9. The van der Waals surface area contributed by atoms with Gasteiger partial charge in [-0.25, -0.2) is 8.42 Å². The Labute approximate surface area is 215 Å². The van der Waals surface area contributed by atoms with Crippen molar-refractivity contribution in [3.63, 3.8) is 0 Å². The summed E-state index contributed by atoms with van der Waals surface area (Å²) in [6, 6.07) is 7.34. The fourth-order valence-electron chi connectivity index (χ4n) is 4.54. The third kappa shape index (κ3) is 5.30. The van der Waals surface area contributed by atoms with Crippen LogP contribution >= 0.6 is 15.9 Å². The first-order chi connectivity index (χ1) is 16.9. The van der Waals surface area contributed by atoms with Gasteiger partial charge in [-0.15, -0.1) is 0 Å². The summed E-state index contributed by atoms with van der Waals surface area (Å²) in [4.78, 5) is 26.8. The Morgan fingerprint density at radius 1 is 1.14 bits per heavy atom. The molecule has 1 atom stereocenters. The van der Waals surface area contributed by atoms with E-state index in [1.807, 2.05) is 0 Å². The molecule has 2 aliphatic heterocycles. The first kappa shape index (κ1) is 26.6. The van der Waals surface area contributed by atoms with E-state index in [1.54, 1.807) is 17.9 Å².